The van der Waals surface area contributed by atoms with Gasteiger partial charge in [0, 0.05) is 11.4 Å². The maximum absolute atomic E-state index is 11.9. The molecule has 6 heteroatoms. The summed E-state index contributed by atoms with van der Waals surface area (Å²) in [5, 5.41) is 8.33. The second-order valence-electron chi connectivity index (χ2n) is 4.94. The molecule has 1 aromatic heterocycles. The van der Waals surface area contributed by atoms with Gasteiger partial charge in [-0.2, -0.15) is 10.2 Å². The molecule has 0 saturated heterocycles. The Bertz CT molecular complexity index is 687. The van der Waals surface area contributed by atoms with Gasteiger partial charge < -0.3 is 5.73 Å². The lowest BCUT2D eigenvalue weighted by Crippen LogP contribution is -2.25. The van der Waals surface area contributed by atoms with Crippen LogP contribution in [0.15, 0.2) is 35.4 Å². The number of nitrogens with zero attached hydrogens (tertiary/aromatic N) is 3. The second kappa shape index (κ2) is 6.21. The monoisotopic (exact) mass is 285 g/mol. The number of nitrogens with two attached hydrogens (primary N) is 1. The summed E-state index contributed by atoms with van der Waals surface area (Å²) < 4.78 is 1.65. The van der Waals surface area contributed by atoms with E-state index in [2.05, 4.69) is 15.6 Å². The van der Waals surface area contributed by atoms with E-state index in [9.17, 15) is 4.79 Å². The number of hydrogen-bond donors (Lipinski definition) is 2. The van der Waals surface area contributed by atoms with Crippen molar-refractivity contribution < 1.29 is 4.79 Å². The summed E-state index contributed by atoms with van der Waals surface area (Å²) in [7, 11) is 0. The summed E-state index contributed by atoms with van der Waals surface area (Å²) >= 11 is 0. The minimum atomic E-state index is -0.218. The molecule has 0 aliphatic heterocycles. The number of aromatic nitrogens is 2. The van der Waals surface area contributed by atoms with Crippen molar-refractivity contribution in [3.8, 4) is 0 Å². The Balaban J connectivity index is 2.00. The van der Waals surface area contributed by atoms with Crippen molar-refractivity contribution in [2.24, 2.45) is 5.10 Å². The highest BCUT2D eigenvalue weighted by molar-refractivity contribution is 5.99. The highest BCUT2D eigenvalue weighted by atomic mass is 16.2. The summed E-state index contributed by atoms with van der Waals surface area (Å²) in [4.78, 5) is 11.9. The van der Waals surface area contributed by atoms with Gasteiger partial charge in [-0.3, -0.25) is 9.48 Å². The maximum atomic E-state index is 11.9. The van der Waals surface area contributed by atoms with Crippen LogP contribution in [0.3, 0.4) is 0 Å². The van der Waals surface area contributed by atoms with Gasteiger partial charge in [-0.05, 0) is 44.5 Å². The predicted molar refractivity (Wildman–Crippen MR) is 82.9 cm³/mol. The van der Waals surface area contributed by atoms with Crippen LogP contribution in [0, 0.1) is 13.8 Å². The van der Waals surface area contributed by atoms with Crippen molar-refractivity contribution in [3.05, 3.63) is 47.3 Å². The number of aryl methyl sites for hydroxylation is 2. The second-order valence-corrected chi connectivity index (χ2v) is 4.94. The number of amides is 1. The van der Waals surface area contributed by atoms with Crippen molar-refractivity contribution >= 4 is 17.3 Å². The quantitative estimate of drug-likeness (QED) is 0.508. The first-order valence-corrected chi connectivity index (χ1v) is 6.66. The summed E-state index contributed by atoms with van der Waals surface area (Å²) in [6, 6.07) is 9.28. The van der Waals surface area contributed by atoms with E-state index in [-0.39, 0.29) is 12.5 Å². The topological polar surface area (TPSA) is 85.3 Å². The number of hydrogen-bond acceptors (Lipinski definition) is 4. The number of carbonyl (C=O) groups excluding carboxylic acids is 1. The van der Waals surface area contributed by atoms with Crippen LogP contribution in [0.1, 0.15) is 23.9 Å². The fourth-order valence-corrected chi connectivity index (χ4v) is 1.98. The Labute approximate surface area is 123 Å². The van der Waals surface area contributed by atoms with Gasteiger partial charge in [-0.15, -0.1) is 0 Å². The van der Waals surface area contributed by atoms with E-state index in [0.29, 0.717) is 11.4 Å². The van der Waals surface area contributed by atoms with Crippen LogP contribution >= 0.6 is 0 Å². The normalized spacial score (nSPS) is 11.5. The minimum absolute atomic E-state index is 0.146. The van der Waals surface area contributed by atoms with Gasteiger partial charge in [0.2, 0.25) is 0 Å². The first-order valence-electron chi connectivity index (χ1n) is 6.66. The number of rotatable bonds is 4. The third-order valence-corrected chi connectivity index (χ3v) is 3.05. The standard InChI is InChI=1S/C15H19N5O/c1-10-7-11(2)20(19-10)9-15(21)18-17-12(3)13-5-4-6-14(16)8-13/h4-8H,9,16H2,1-3H3,(H,18,21)/b17-12+. The number of benzene rings is 1. The van der Waals surface area contributed by atoms with Gasteiger partial charge in [0.15, 0.2) is 0 Å². The summed E-state index contributed by atoms with van der Waals surface area (Å²) in [6.07, 6.45) is 0. The smallest absolute Gasteiger partial charge is 0.261 e. The van der Waals surface area contributed by atoms with E-state index in [1.165, 1.54) is 0 Å². The summed E-state index contributed by atoms with van der Waals surface area (Å²) in [6.45, 7) is 5.77. The lowest BCUT2D eigenvalue weighted by atomic mass is 10.1. The molecule has 0 aliphatic carbocycles. The first-order chi connectivity index (χ1) is 9.95. The number of hydrazone groups is 1. The van der Waals surface area contributed by atoms with Crippen molar-refractivity contribution in [3.63, 3.8) is 0 Å². The Morgan fingerprint density at radius 1 is 1.38 bits per heavy atom. The third-order valence-electron chi connectivity index (χ3n) is 3.05. The van der Waals surface area contributed by atoms with Gasteiger partial charge in [-0.25, -0.2) is 5.43 Å². The fraction of sp³-hybridized carbons (Fsp3) is 0.267. The van der Waals surface area contributed by atoms with Crippen molar-refractivity contribution in [2.75, 3.05) is 5.73 Å². The number of anilines is 1. The average Bonchev–Trinajstić information content (AvgIpc) is 2.74. The van der Waals surface area contributed by atoms with E-state index < -0.39 is 0 Å². The molecule has 0 radical (unpaired) electrons. The molecular formula is C15H19N5O. The molecule has 0 aliphatic rings. The van der Waals surface area contributed by atoms with Crippen molar-refractivity contribution in [1.82, 2.24) is 15.2 Å². The number of nitrogens with one attached hydrogen (secondary N) is 1. The molecule has 3 N–H and O–H groups in total. The summed E-state index contributed by atoms with van der Waals surface area (Å²) in [5.41, 5.74) is 12.3. The van der Waals surface area contributed by atoms with Gasteiger partial charge in [0.1, 0.15) is 6.54 Å². The van der Waals surface area contributed by atoms with E-state index in [1.807, 2.05) is 45.0 Å². The molecule has 21 heavy (non-hydrogen) atoms. The lowest BCUT2D eigenvalue weighted by Gasteiger charge is -2.05. The fourth-order valence-electron chi connectivity index (χ4n) is 1.98. The van der Waals surface area contributed by atoms with Crippen molar-refractivity contribution in [2.45, 2.75) is 27.3 Å². The van der Waals surface area contributed by atoms with E-state index in [4.69, 9.17) is 5.73 Å². The van der Waals surface area contributed by atoms with Crippen LogP contribution < -0.4 is 11.2 Å². The van der Waals surface area contributed by atoms with E-state index >= 15 is 0 Å². The molecule has 2 aromatic rings. The minimum Gasteiger partial charge on any atom is -0.399 e. The molecule has 0 bridgehead atoms. The molecule has 0 fully saturated rings. The molecule has 0 spiro atoms. The van der Waals surface area contributed by atoms with E-state index in [0.717, 1.165) is 17.0 Å². The van der Waals surface area contributed by atoms with E-state index in [1.54, 1.807) is 10.7 Å². The Morgan fingerprint density at radius 3 is 2.76 bits per heavy atom. The van der Waals surface area contributed by atoms with Crippen molar-refractivity contribution in [1.29, 1.82) is 0 Å². The molecule has 6 nitrogen and oxygen atoms in total. The molecule has 110 valence electrons. The Morgan fingerprint density at radius 2 is 2.14 bits per heavy atom. The molecule has 0 unspecified atom stereocenters. The Kier molecular flexibility index (Phi) is 4.37. The highest BCUT2D eigenvalue weighted by Gasteiger charge is 2.06. The third kappa shape index (κ3) is 3.92. The van der Waals surface area contributed by atoms with Gasteiger partial charge >= 0.3 is 0 Å². The molecular weight excluding hydrogens is 266 g/mol. The van der Waals surface area contributed by atoms with Gasteiger partial charge in [-0.1, -0.05) is 12.1 Å². The number of nitrogen functional groups attached to an aromatic ring is 1. The zero-order valence-corrected chi connectivity index (χ0v) is 12.4. The maximum Gasteiger partial charge on any atom is 0.261 e. The first kappa shape index (κ1) is 14.8. The molecule has 2 rings (SSSR count). The van der Waals surface area contributed by atoms with Crippen LogP contribution in [0.2, 0.25) is 0 Å². The average molecular weight is 285 g/mol. The van der Waals surface area contributed by atoms with Crippen LogP contribution in [0.5, 0.6) is 0 Å². The Hall–Kier alpha value is -2.63. The van der Waals surface area contributed by atoms with Crippen LogP contribution in [-0.4, -0.2) is 21.4 Å². The zero-order chi connectivity index (χ0) is 15.4. The lowest BCUT2D eigenvalue weighted by molar-refractivity contribution is -0.121. The SMILES string of the molecule is C/C(=N\NC(=O)Cn1nc(C)cc1C)c1cccc(N)c1. The number of carbonyl (C=O) groups is 1. The highest BCUT2D eigenvalue weighted by Crippen LogP contribution is 2.07. The zero-order valence-electron chi connectivity index (χ0n) is 12.4. The molecule has 1 aromatic carbocycles. The molecule has 1 amide bonds. The van der Waals surface area contributed by atoms with Crippen LogP contribution in [0.25, 0.3) is 0 Å². The summed E-state index contributed by atoms with van der Waals surface area (Å²) in [5.74, 6) is -0.218. The van der Waals surface area contributed by atoms with Gasteiger partial charge in [0.05, 0.1) is 11.4 Å². The van der Waals surface area contributed by atoms with Crippen LogP contribution in [-0.2, 0) is 11.3 Å². The van der Waals surface area contributed by atoms with Gasteiger partial charge in [0.25, 0.3) is 5.91 Å². The largest absolute Gasteiger partial charge is 0.399 e. The molecule has 1 heterocycles. The molecule has 0 saturated carbocycles. The molecule has 0 atom stereocenters. The van der Waals surface area contributed by atoms with Crippen LogP contribution in [0.4, 0.5) is 5.69 Å². The predicted octanol–water partition coefficient (Wildman–Crippen LogP) is 1.62.